The smallest absolute Gasteiger partial charge is 0.0151 e. The van der Waals surface area contributed by atoms with E-state index >= 15 is 0 Å². The van der Waals surface area contributed by atoms with Gasteiger partial charge in [0.15, 0.2) is 0 Å². The molecule has 1 saturated heterocycles. The molecular weight excluding hydrogens is 184 g/mol. The van der Waals surface area contributed by atoms with Crippen LogP contribution >= 0.6 is 23.5 Å². The summed E-state index contributed by atoms with van der Waals surface area (Å²) in [5, 5.41) is 1.81. The van der Waals surface area contributed by atoms with Crippen molar-refractivity contribution in [2.24, 2.45) is 0 Å². The van der Waals surface area contributed by atoms with Crippen molar-refractivity contribution in [1.82, 2.24) is 0 Å². The molecule has 0 aromatic carbocycles. The van der Waals surface area contributed by atoms with Gasteiger partial charge in [0, 0.05) is 21.0 Å². The van der Waals surface area contributed by atoms with E-state index in [-0.39, 0.29) is 0 Å². The molecule has 1 aliphatic heterocycles. The molecule has 0 radical (unpaired) electrons. The van der Waals surface area contributed by atoms with E-state index in [1.54, 1.807) is 0 Å². The molecule has 0 bridgehead atoms. The van der Waals surface area contributed by atoms with Crippen LogP contribution in [-0.2, 0) is 0 Å². The van der Waals surface area contributed by atoms with Crippen molar-refractivity contribution < 1.29 is 0 Å². The van der Waals surface area contributed by atoms with E-state index in [0.29, 0.717) is 4.75 Å². The fraction of sp³-hybridized carbons (Fsp3) is 1.00. The quantitative estimate of drug-likeness (QED) is 0.625. The molecule has 12 heavy (non-hydrogen) atoms. The fourth-order valence-corrected chi connectivity index (χ4v) is 3.86. The van der Waals surface area contributed by atoms with Crippen LogP contribution in [0.15, 0.2) is 0 Å². The Balaban J connectivity index is 2.25. The van der Waals surface area contributed by atoms with Crippen molar-refractivity contribution >= 4 is 23.5 Å². The lowest BCUT2D eigenvalue weighted by molar-refractivity contribution is 0.652. The van der Waals surface area contributed by atoms with E-state index in [1.165, 1.54) is 18.6 Å². The van der Waals surface area contributed by atoms with Gasteiger partial charge in [0.2, 0.25) is 0 Å². The van der Waals surface area contributed by atoms with Gasteiger partial charge in [0.1, 0.15) is 0 Å². The monoisotopic (exact) mass is 204 g/mol. The van der Waals surface area contributed by atoms with Gasteiger partial charge >= 0.3 is 0 Å². The van der Waals surface area contributed by atoms with Crippen LogP contribution in [0.25, 0.3) is 0 Å². The molecule has 1 aliphatic rings. The van der Waals surface area contributed by atoms with Crippen LogP contribution in [0.2, 0.25) is 0 Å². The molecule has 0 aromatic heterocycles. The Kier molecular flexibility index (Phi) is 3.84. The lowest BCUT2D eigenvalue weighted by Crippen LogP contribution is -2.20. The third kappa shape index (κ3) is 4.08. The molecule has 2 heteroatoms. The lowest BCUT2D eigenvalue weighted by Gasteiger charge is -2.26. The third-order valence-corrected chi connectivity index (χ3v) is 4.73. The summed E-state index contributed by atoms with van der Waals surface area (Å²) in [6.07, 6.45) is 2.69. The van der Waals surface area contributed by atoms with Crippen LogP contribution in [0.5, 0.6) is 0 Å². The first kappa shape index (κ1) is 10.8. The van der Waals surface area contributed by atoms with Gasteiger partial charge in [-0.3, -0.25) is 0 Å². The summed E-state index contributed by atoms with van der Waals surface area (Å²) in [7, 11) is 0. The molecular formula is C10H20S2. The zero-order valence-electron chi connectivity index (χ0n) is 8.59. The van der Waals surface area contributed by atoms with Gasteiger partial charge < -0.3 is 0 Å². The van der Waals surface area contributed by atoms with Gasteiger partial charge in [-0.15, -0.1) is 0 Å². The average Bonchev–Trinajstić information content (AvgIpc) is 2.69. The number of thioether (sulfide) groups is 2. The Morgan fingerprint density at radius 2 is 2.17 bits per heavy atom. The van der Waals surface area contributed by atoms with Crippen molar-refractivity contribution in [2.75, 3.05) is 5.75 Å². The summed E-state index contributed by atoms with van der Waals surface area (Å²) < 4.78 is 0.504. The Morgan fingerprint density at radius 3 is 2.58 bits per heavy atom. The second-order valence-corrected chi connectivity index (χ2v) is 7.73. The van der Waals surface area contributed by atoms with Crippen LogP contribution in [-0.4, -0.2) is 21.0 Å². The highest BCUT2D eigenvalue weighted by atomic mass is 32.2. The minimum Gasteiger partial charge on any atom is -0.157 e. The third-order valence-electron chi connectivity index (χ3n) is 2.22. The molecule has 0 nitrogen and oxygen atoms in total. The normalized spacial score (nSPS) is 25.5. The minimum atomic E-state index is 0.504. The summed E-state index contributed by atoms with van der Waals surface area (Å²) in [4.78, 5) is 0. The van der Waals surface area contributed by atoms with E-state index in [4.69, 9.17) is 0 Å². The molecule has 1 rings (SSSR count). The van der Waals surface area contributed by atoms with Crippen LogP contribution in [0.4, 0.5) is 0 Å². The second-order valence-electron chi connectivity index (χ2n) is 4.26. The molecule has 0 saturated carbocycles. The summed E-state index contributed by atoms with van der Waals surface area (Å²) in [6, 6.07) is 0. The van der Waals surface area contributed by atoms with Crippen molar-refractivity contribution in [3.05, 3.63) is 0 Å². The fourth-order valence-electron chi connectivity index (χ4n) is 1.41. The average molecular weight is 204 g/mol. The van der Waals surface area contributed by atoms with Crippen LogP contribution in [0, 0.1) is 0 Å². The van der Waals surface area contributed by atoms with Gasteiger partial charge in [0.25, 0.3) is 0 Å². The van der Waals surface area contributed by atoms with Crippen molar-refractivity contribution in [3.63, 3.8) is 0 Å². The van der Waals surface area contributed by atoms with Crippen molar-refractivity contribution in [2.45, 2.75) is 55.8 Å². The highest BCUT2D eigenvalue weighted by Gasteiger charge is 2.31. The van der Waals surface area contributed by atoms with Gasteiger partial charge in [-0.05, 0) is 12.8 Å². The van der Waals surface area contributed by atoms with Gasteiger partial charge in [-0.25, -0.2) is 0 Å². The predicted octanol–water partition coefficient (Wildman–Crippen LogP) is 3.80. The molecule has 0 spiro atoms. The summed E-state index contributed by atoms with van der Waals surface area (Å²) in [6.45, 7) is 9.40. The molecule has 0 aromatic rings. The van der Waals surface area contributed by atoms with Crippen LogP contribution in [0.1, 0.15) is 40.5 Å². The molecule has 0 amide bonds. The maximum Gasteiger partial charge on any atom is 0.0151 e. The highest BCUT2D eigenvalue weighted by molar-refractivity contribution is 8.07. The highest BCUT2D eigenvalue weighted by Crippen LogP contribution is 2.43. The first-order chi connectivity index (χ1) is 5.53. The summed E-state index contributed by atoms with van der Waals surface area (Å²) in [5.74, 6) is 1.41. The SMILES string of the molecule is CCC(C)SC(C)(C)CC1CS1. The summed E-state index contributed by atoms with van der Waals surface area (Å²) in [5.41, 5.74) is 0. The topological polar surface area (TPSA) is 0 Å². The lowest BCUT2D eigenvalue weighted by atomic mass is 10.1. The van der Waals surface area contributed by atoms with Gasteiger partial charge in [-0.1, -0.05) is 27.7 Å². The Bertz CT molecular complexity index is 139. The first-order valence-electron chi connectivity index (χ1n) is 4.83. The Labute approximate surface area is 85.3 Å². The zero-order valence-corrected chi connectivity index (χ0v) is 10.2. The molecule has 1 fully saturated rings. The number of hydrogen-bond donors (Lipinski definition) is 0. The maximum absolute atomic E-state index is 2.39. The largest absolute Gasteiger partial charge is 0.157 e. The van der Waals surface area contributed by atoms with Crippen molar-refractivity contribution in [1.29, 1.82) is 0 Å². The molecule has 2 unspecified atom stereocenters. The maximum atomic E-state index is 2.39. The van der Waals surface area contributed by atoms with E-state index < -0.39 is 0 Å². The molecule has 0 N–H and O–H groups in total. The van der Waals surface area contributed by atoms with Gasteiger partial charge in [0.05, 0.1) is 0 Å². The van der Waals surface area contributed by atoms with E-state index in [9.17, 15) is 0 Å². The van der Waals surface area contributed by atoms with Crippen LogP contribution in [0.3, 0.4) is 0 Å². The Hall–Kier alpha value is 0.700. The predicted molar refractivity (Wildman–Crippen MR) is 62.3 cm³/mol. The first-order valence-corrected chi connectivity index (χ1v) is 6.76. The van der Waals surface area contributed by atoms with E-state index in [1.807, 2.05) is 0 Å². The zero-order chi connectivity index (χ0) is 9.19. The number of rotatable bonds is 5. The Morgan fingerprint density at radius 1 is 1.58 bits per heavy atom. The molecule has 2 atom stereocenters. The van der Waals surface area contributed by atoms with E-state index in [0.717, 1.165) is 10.5 Å². The molecule has 72 valence electrons. The number of hydrogen-bond acceptors (Lipinski definition) is 2. The molecule has 0 aliphatic carbocycles. The van der Waals surface area contributed by atoms with Crippen LogP contribution < -0.4 is 0 Å². The van der Waals surface area contributed by atoms with E-state index in [2.05, 4.69) is 51.2 Å². The molecule has 1 heterocycles. The second kappa shape index (κ2) is 4.28. The minimum absolute atomic E-state index is 0.504. The summed E-state index contributed by atoms with van der Waals surface area (Å²) >= 11 is 4.27. The van der Waals surface area contributed by atoms with Gasteiger partial charge in [-0.2, -0.15) is 23.5 Å². The van der Waals surface area contributed by atoms with Crippen molar-refractivity contribution in [3.8, 4) is 0 Å². The standard InChI is InChI=1S/C10H20S2/c1-5-8(2)12-10(3,4)6-9-7-11-9/h8-9H,5-7H2,1-4H3.